The molecule has 4 bridgehead atoms. The smallest absolute Gasteiger partial charge is 0.226 e. The Morgan fingerprint density at radius 3 is 2.61 bits per heavy atom. The topological polar surface area (TPSA) is 58.2 Å². The molecule has 4 atom stereocenters. The highest BCUT2D eigenvalue weighted by Gasteiger charge is 2.60. The van der Waals surface area contributed by atoms with E-state index < -0.39 is 0 Å². The standard InChI is InChI=1S/C18H24N2O2S/c1-12(21)20-18-8-13-5-14(9-18)7-17(6-13,11-18)16(22)19-10-15-3-2-4-23-15/h2-4,13-14H,5-11H2,1H3,(H,19,22)(H,20,21)/t13-,14+,17?,18?. The van der Waals surface area contributed by atoms with Gasteiger partial charge in [-0.15, -0.1) is 11.3 Å². The highest BCUT2D eigenvalue weighted by molar-refractivity contribution is 7.09. The summed E-state index contributed by atoms with van der Waals surface area (Å²) >= 11 is 1.68. The van der Waals surface area contributed by atoms with Crippen molar-refractivity contribution in [1.29, 1.82) is 0 Å². The van der Waals surface area contributed by atoms with Crippen LogP contribution in [-0.2, 0) is 16.1 Å². The Kier molecular flexibility index (Phi) is 3.52. The molecule has 1 aromatic rings. The van der Waals surface area contributed by atoms with Crippen LogP contribution in [0, 0.1) is 17.3 Å². The fourth-order valence-electron chi connectivity index (χ4n) is 5.82. The molecule has 4 saturated carbocycles. The predicted molar refractivity (Wildman–Crippen MR) is 89.8 cm³/mol. The van der Waals surface area contributed by atoms with E-state index in [0.29, 0.717) is 18.4 Å². The van der Waals surface area contributed by atoms with Gasteiger partial charge in [0.15, 0.2) is 0 Å². The number of nitrogens with one attached hydrogen (secondary N) is 2. The summed E-state index contributed by atoms with van der Waals surface area (Å²) in [4.78, 5) is 25.9. The normalized spacial score (nSPS) is 37.6. The van der Waals surface area contributed by atoms with Crippen molar-refractivity contribution in [3.05, 3.63) is 22.4 Å². The van der Waals surface area contributed by atoms with Crippen LogP contribution in [0.2, 0.25) is 0 Å². The summed E-state index contributed by atoms with van der Waals surface area (Å²) in [6, 6.07) is 4.08. The molecule has 1 heterocycles. The van der Waals surface area contributed by atoms with E-state index in [1.807, 2.05) is 11.4 Å². The Morgan fingerprint density at radius 1 is 1.26 bits per heavy atom. The molecular formula is C18H24N2O2S. The van der Waals surface area contributed by atoms with Crippen LogP contribution in [0.4, 0.5) is 0 Å². The second-order valence-electron chi connectivity index (χ2n) is 7.96. The first kappa shape index (κ1) is 15.2. The van der Waals surface area contributed by atoms with E-state index in [-0.39, 0.29) is 22.8 Å². The molecule has 2 unspecified atom stereocenters. The molecule has 4 aliphatic rings. The second-order valence-corrected chi connectivity index (χ2v) is 9.00. The Labute approximate surface area is 141 Å². The van der Waals surface area contributed by atoms with Crippen molar-refractivity contribution in [3.63, 3.8) is 0 Å². The number of thiophene rings is 1. The van der Waals surface area contributed by atoms with Gasteiger partial charge in [-0.25, -0.2) is 0 Å². The highest BCUT2D eigenvalue weighted by atomic mass is 32.1. The Morgan fingerprint density at radius 2 is 2.00 bits per heavy atom. The minimum absolute atomic E-state index is 0.0427. The van der Waals surface area contributed by atoms with Crippen molar-refractivity contribution in [1.82, 2.24) is 10.6 Å². The van der Waals surface area contributed by atoms with Crippen LogP contribution < -0.4 is 10.6 Å². The van der Waals surface area contributed by atoms with E-state index in [9.17, 15) is 9.59 Å². The summed E-state index contributed by atoms with van der Waals surface area (Å²) in [5.74, 6) is 1.43. The number of carbonyl (C=O) groups excluding carboxylic acids is 2. The second kappa shape index (κ2) is 5.33. The van der Waals surface area contributed by atoms with E-state index in [0.717, 1.165) is 32.1 Å². The molecule has 4 fully saturated rings. The van der Waals surface area contributed by atoms with Gasteiger partial charge < -0.3 is 10.6 Å². The monoisotopic (exact) mass is 332 g/mol. The first-order valence-corrected chi connectivity index (χ1v) is 9.46. The maximum Gasteiger partial charge on any atom is 0.226 e. The third-order valence-corrected chi connectivity index (χ3v) is 6.86. The number of hydrogen-bond donors (Lipinski definition) is 2. The summed E-state index contributed by atoms with van der Waals surface area (Å²) in [6.07, 6.45) is 6.18. The minimum Gasteiger partial charge on any atom is -0.351 e. The Hall–Kier alpha value is -1.36. The van der Waals surface area contributed by atoms with Crippen molar-refractivity contribution in [2.24, 2.45) is 17.3 Å². The molecule has 0 aromatic carbocycles. The molecule has 124 valence electrons. The number of carbonyl (C=O) groups is 2. The first-order chi connectivity index (χ1) is 11.0. The third kappa shape index (κ3) is 2.69. The summed E-state index contributed by atoms with van der Waals surface area (Å²) < 4.78 is 0. The fraction of sp³-hybridized carbons (Fsp3) is 0.667. The lowest BCUT2D eigenvalue weighted by molar-refractivity contribution is -0.153. The molecule has 23 heavy (non-hydrogen) atoms. The minimum atomic E-state index is -0.260. The largest absolute Gasteiger partial charge is 0.351 e. The van der Waals surface area contributed by atoms with E-state index >= 15 is 0 Å². The van der Waals surface area contributed by atoms with Crippen LogP contribution in [0.1, 0.15) is 50.3 Å². The fourth-order valence-corrected chi connectivity index (χ4v) is 6.46. The third-order valence-electron chi connectivity index (χ3n) is 5.99. The molecule has 0 spiro atoms. The van der Waals surface area contributed by atoms with Crippen molar-refractivity contribution in [2.75, 3.05) is 0 Å². The molecule has 1 aromatic heterocycles. The van der Waals surface area contributed by atoms with Crippen LogP contribution >= 0.6 is 11.3 Å². The molecule has 4 nitrogen and oxygen atoms in total. The lowest BCUT2D eigenvalue weighted by atomic mass is 9.46. The average molecular weight is 332 g/mol. The summed E-state index contributed by atoms with van der Waals surface area (Å²) in [5, 5.41) is 8.43. The van der Waals surface area contributed by atoms with Crippen molar-refractivity contribution < 1.29 is 9.59 Å². The van der Waals surface area contributed by atoms with Gasteiger partial charge in [0.25, 0.3) is 0 Å². The Bertz CT molecular complexity index is 611. The molecule has 5 rings (SSSR count). The number of amides is 2. The quantitative estimate of drug-likeness (QED) is 0.891. The van der Waals surface area contributed by atoms with E-state index in [4.69, 9.17) is 0 Å². The summed E-state index contributed by atoms with van der Waals surface area (Å²) in [6.45, 7) is 2.23. The van der Waals surface area contributed by atoms with Crippen LogP contribution in [0.5, 0.6) is 0 Å². The van der Waals surface area contributed by atoms with Crippen LogP contribution in [0.3, 0.4) is 0 Å². The lowest BCUT2D eigenvalue weighted by Crippen LogP contribution is -2.65. The van der Waals surface area contributed by atoms with Gasteiger partial charge in [0.05, 0.1) is 12.0 Å². The zero-order chi connectivity index (χ0) is 16.1. The first-order valence-electron chi connectivity index (χ1n) is 8.58. The molecular weight excluding hydrogens is 308 g/mol. The van der Waals surface area contributed by atoms with Crippen LogP contribution in [0.15, 0.2) is 17.5 Å². The SMILES string of the molecule is CC(=O)NC12C[C@H]3C[C@@H](C1)CC(C(=O)NCc1cccs1)(C3)C2. The molecule has 2 N–H and O–H groups in total. The van der Waals surface area contributed by atoms with Gasteiger partial charge in [0, 0.05) is 17.3 Å². The van der Waals surface area contributed by atoms with Gasteiger partial charge in [-0.1, -0.05) is 6.07 Å². The maximum atomic E-state index is 13.0. The summed E-state index contributed by atoms with van der Waals surface area (Å²) in [7, 11) is 0. The van der Waals surface area contributed by atoms with E-state index in [2.05, 4.69) is 16.7 Å². The van der Waals surface area contributed by atoms with Gasteiger partial charge in [-0.2, -0.15) is 0 Å². The van der Waals surface area contributed by atoms with Crippen LogP contribution in [-0.4, -0.2) is 17.4 Å². The van der Waals surface area contributed by atoms with Gasteiger partial charge in [0.2, 0.25) is 11.8 Å². The maximum absolute atomic E-state index is 13.0. The average Bonchev–Trinajstić information content (AvgIpc) is 2.94. The van der Waals surface area contributed by atoms with Crippen molar-refractivity contribution >= 4 is 23.2 Å². The lowest BCUT2D eigenvalue weighted by Gasteiger charge is -2.61. The van der Waals surface area contributed by atoms with Gasteiger partial charge >= 0.3 is 0 Å². The zero-order valence-corrected chi connectivity index (χ0v) is 14.4. The van der Waals surface area contributed by atoms with E-state index in [1.54, 1.807) is 18.3 Å². The van der Waals surface area contributed by atoms with Gasteiger partial charge in [-0.05, 0) is 61.8 Å². The molecule has 0 radical (unpaired) electrons. The van der Waals surface area contributed by atoms with Crippen molar-refractivity contribution in [2.45, 2.75) is 57.5 Å². The number of rotatable bonds is 4. The molecule has 5 heteroatoms. The van der Waals surface area contributed by atoms with Crippen molar-refractivity contribution in [3.8, 4) is 0 Å². The molecule has 0 saturated heterocycles. The van der Waals surface area contributed by atoms with Gasteiger partial charge in [0.1, 0.15) is 0 Å². The molecule has 4 aliphatic carbocycles. The molecule has 0 aliphatic heterocycles. The Balaban J connectivity index is 1.52. The van der Waals surface area contributed by atoms with Gasteiger partial charge in [-0.3, -0.25) is 9.59 Å². The number of hydrogen-bond acceptors (Lipinski definition) is 3. The van der Waals surface area contributed by atoms with E-state index in [1.165, 1.54) is 11.3 Å². The molecule has 2 amide bonds. The summed E-state index contributed by atoms with van der Waals surface area (Å²) in [5.41, 5.74) is -0.389. The highest BCUT2D eigenvalue weighted by Crippen LogP contribution is 2.61. The zero-order valence-electron chi connectivity index (χ0n) is 13.6. The predicted octanol–water partition coefficient (Wildman–Crippen LogP) is 2.84. The van der Waals surface area contributed by atoms with Crippen LogP contribution in [0.25, 0.3) is 0 Å².